The van der Waals surface area contributed by atoms with E-state index >= 15 is 0 Å². The van der Waals surface area contributed by atoms with Crippen molar-refractivity contribution < 1.29 is 4.79 Å². The van der Waals surface area contributed by atoms with Crippen LogP contribution in [0.4, 0.5) is 5.69 Å². The Hall–Kier alpha value is -1.13. The summed E-state index contributed by atoms with van der Waals surface area (Å²) in [6, 6.07) is 5.91. The highest BCUT2D eigenvalue weighted by atomic mass is 79.9. The zero-order chi connectivity index (χ0) is 13.1. The van der Waals surface area contributed by atoms with Crippen molar-refractivity contribution in [3.63, 3.8) is 0 Å². The smallest absolute Gasteiger partial charge is 0.231 e. The normalized spacial score (nSPS) is 22.2. The third kappa shape index (κ3) is 3.00. The molecular formula is C14H17BrN2O. The van der Waals surface area contributed by atoms with Crippen LogP contribution in [0.3, 0.4) is 0 Å². The van der Waals surface area contributed by atoms with E-state index in [1.54, 1.807) is 0 Å². The molecule has 96 valence electrons. The average Bonchev–Trinajstić information content (AvgIpc) is 2.78. The van der Waals surface area contributed by atoms with Crippen molar-refractivity contribution in [3.05, 3.63) is 40.4 Å². The number of carbonyl (C=O) groups is 1. The first-order chi connectivity index (χ1) is 8.60. The largest absolute Gasteiger partial charge is 0.325 e. The zero-order valence-electron chi connectivity index (χ0n) is 10.3. The van der Waals surface area contributed by atoms with Gasteiger partial charge in [-0.2, -0.15) is 0 Å². The Balaban J connectivity index is 2.09. The summed E-state index contributed by atoms with van der Waals surface area (Å²) in [5, 5.41) is 2.98. The molecule has 0 aromatic heterocycles. The second kappa shape index (κ2) is 5.67. The zero-order valence-corrected chi connectivity index (χ0v) is 11.9. The highest BCUT2D eigenvalue weighted by Crippen LogP contribution is 2.24. The molecule has 1 aliphatic rings. The summed E-state index contributed by atoms with van der Waals surface area (Å²) in [6.45, 7) is 2.07. The van der Waals surface area contributed by atoms with Gasteiger partial charge in [0.2, 0.25) is 5.91 Å². The Labute approximate surface area is 116 Å². The molecular weight excluding hydrogens is 292 g/mol. The van der Waals surface area contributed by atoms with Gasteiger partial charge in [-0.15, -0.1) is 0 Å². The third-order valence-electron chi connectivity index (χ3n) is 3.16. The van der Waals surface area contributed by atoms with Gasteiger partial charge in [0.1, 0.15) is 0 Å². The van der Waals surface area contributed by atoms with Crippen LogP contribution in [-0.2, 0) is 11.2 Å². The minimum Gasteiger partial charge on any atom is -0.325 e. The third-order valence-corrected chi connectivity index (χ3v) is 3.65. The number of halogens is 1. The number of amides is 1. The number of anilines is 1. The summed E-state index contributed by atoms with van der Waals surface area (Å²) in [6.07, 6.45) is 5.37. The van der Waals surface area contributed by atoms with Crippen LogP contribution in [0.5, 0.6) is 0 Å². The molecule has 1 aliphatic carbocycles. The van der Waals surface area contributed by atoms with Gasteiger partial charge in [-0.25, -0.2) is 0 Å². The second-order valence-electron chi connectivity index (χ2n) is 4.54. The molecule has 2 unspecified atom stereocenters. The number of nitrogens with one attached hydrogen (secondary N) is 1. The van der Waals surface area contributed by atoms with Crippen LogP contribution in [0.1, 0.15) is 18.9 Å². The predicted octanol–water partition coefficient (Wildman–Crippen LogP) is 2.85. The fourth-order valence-corrected chi connectivity index (χ4v) is 2.53. The Kier molecular flexibility index (Phi) is 4.19. The molecule has 18 heavy (non-hydrogen) atoms. The topological polar surface area (TPSA) is 55.1 Å². The maximum absolute atomic E-state index is 12.1. The molecule has 0 bridgehead atoms. The summed E-state index contributed by atoms with van der Waals surface area (Å²) >= 11 is 3.44. The molecule has 0 heterocycles. The molecule has 0 aliphatic heterocycles. The van der Waals surface area contributed by atoms with Crippen LogP contribution >= 0.6 is 15.9 Å². The van der Waals surface area contributed by atoms with Crippen molar-refractivity contribution in [2.75, 3.05) is 5.32 Å². The predicted molar refractivity (Wildman–Crippen MR) is 77.4 cm³/mol. The van der Waals surface area contributed by atoms with Crippen LogP contribution in [0, 0.1) is 5.92 Å². The van der Waals surface area contributed by atoms with Gasteiger partial charge in [0.05, 0.1) is 5.92 Å². The minimum absolute atomic E-state index is 0.0105. The van der Waals surface area contributed by atoms with E-state index < -0.39 is 0 Å². The molecule has 4 heteroatoms. The molecule has 2 atom stereocenters. The number of carbonyl (C=O) groups excluding carboxylic acids is 1. The molecule has 0 fully saturated rings. The van der Waals surface area contributed by atoms with E-state index in [9.17, 15) is 4.79 Å². The van der Waals surface area contributed by atoms with Crippen molar-refractivity contribution in [2.45, 2.75) is 25.8 Å². The number of rotatable bonds is 3. The number of nitrogens with two attached hydrogens (primary N) is 1. The summed E-state index contributed by atoms with van der Waals surface area (Å²) in [5.41, 5.74) is 7.78. The van der Waals surface area contributed by atoms with Crippen molar-refractivity contribution in [3.8, 4) is 0 Å². The van der Waals surface area contributed by atoms with Crippen LogP contribution in [0.15, 0.2) is 34.8 Å². The van der Waals surface area contributed by atoms with Crippen molar-refractivity contribution in [1.29, 1.82) is 0 Å². The van der Waals surface area contributed by atoms with Gasteiger partial charge in [-0.1, -0.05) is 35.0 Å². The Morgan fingerprint density at radius 2 is 2.28 bits per heavy atom. The average molecular weight is 309 g/mol. The van der Waals surface area contributed by atoms with Crippen molar-refractivity contribution >= 4 is 27.5 Å². The molecule has 2 rings (SSSR count). The van der Waals surface area contributed by atoms with Gasteiger partial charge in [0.15, 0.2) is 0 Å². The summed E-state index contributed by atoms with van der Waals surface area (Å²) < 4.78 is 1.03. The molecule has 0 spiro atoms. The summed E-state index contributed by atoms with van der Waals surface area (Å²) in [5.74, 6) is -0.0791. The van der Waals surface area contributed by atoms with Crippen molar-refractivity contribution in [2.24, 2.45) is 11.7 Å². The highest BCUT2D eigenvalue weighted by Gasteiger charge is 2.23. The van der Waals surface area contributed by atoms with E-state index in [0.29, 0.717) is 6.42 Å². The first-order valence-electron chi connectivity index (χ1n) is 6.13. The maximum Gasteiger partial charge on any atom is 0.231 e. The standard InChI is InChI=1S/C14H17BrN2O/c1-2-9-7-11(15)4-6-13(9)17-14(18)10-3-5-12(16)8-10/h3-7,10,12H,2,8,16H2,1H3,(H,17,18). The molecule has 0 radical (unpaired) electrons. The highest BCUT2D eigenvalue weighted by molar-refractivity contribution is 9.10. The van der Waals surface area contributed by atoms with Gasteiger partial charge in [-0.05, 0) is 36.6 Å². The van der Waals surface area contributed by atoms with Crippen molar-refractivity contribution in [1.82, 2.24) is 0 Å². The first kappa shape index (κ1) is 13.3. The maximum atomic E-state index is 12.1. The lowest BCUT2D eigenvalue weighted by atomic mass is 10.1. The Morgan fingerprint density at radius 3 is 2.89 bits per heavy atom. The quantitative estimate of drug-likeness (QED) is 0.844. The second-order valence-corrected chi connectivity index (χ2v) is 5.45. The number of aryl methyl sites for hydroxylation is 1. The van der Waals surface area contributed by atoms with Gasteiger partial charge >= 0.3 is 0 Å². The van der Waals surface area contributed by atoms with Crippen LogP contribution < -0.4 is 11.1 Å². The van der Waals surface area contributed by atoms with Crippen LogP contribution in [-0.4, -0.2) is 11.9 Å². The lowest BCUT2D eigenvalue weighted by molar-refractivity contribution is -0.118. The fraction of sp³-hybridized carbons (Fsp3) is 0.357. The van der Waals surface area contributed by atoms with E-state index in [1.165, 1.54) is 0 Å². The van der Waals surface area contributed by atoms with E-state index in [1.807, 2.05) is 30.4 Å². The first-order valence-corrected chi connectivity index (χ1v) is 6.92. The Morgan fingerprint density at radius 1 is 1.50 bits per heavy atom. The van der Waals surface area contributed by atoms with Gasteiger partial charge < -0.3 is 11.1 Å². The van der Waals surface area contributed by atoms with Gasteiger partial charge in [-0.3, -0.25) is 4.79 Å². The van der Waals surface area contributed by atoms with Crippen LogP contribution in [0.25, 0.3) is 0 Å². The summed E-state index contributed by atoms with van der Waals surface area (Å²) in [7, 11) is 0. The number of hydrogen-bond donors (Lipinski definition) is 2. The van der Waals surface area contributed by atoms with E-state index in [0.717, 1.165) is 22.1 Å². The Bertz CT molecular complexity index is 485. The molecule has 3 nitrogen and oxygen atoms in total. The van der Waals surface area contributed by atoms with E-state index in [2.05, 4.69) is 28.2 Å². The molecule has 1 aromatic carbocycles. The van der Waals surface area contributed by atoms with Crippen LogP contribution in [0.2, 0.25) is 0 Å². The monoisotopic (exact) mass is 308 g/mol. The fourth-order valence-electron chi connectivity index (χ4n) is 2.12. The molecule has 0 saturated carbocycles. The molecule has 1 aromatic rings. The molecule has 3 N–H and O–H groups in total. The molecule has 1 amide bonds. The van der Waals surface area contributed by atoms with Gasteiger partial charge in [0.25, 0.3) is 0 Å². The SMILES string of the molecule is CCc1cc(Br)ccc1NC(=O)C1C=CC(N)C1. The summed E-state index contributed by atoms with van der Waals surface area (Å²) in [4.78, 5) is 12.1. The lowest BCUT2D eigenvalue weighted by Gasteiger charge is -2.13. The van der Waals surface area contributed by atoms with E-state index in [-0.39, 0.29) is 17.9 Å². The van der Waals surface area contributed by atoms with Gasteiger partial charge in [0, 0.05) is 16.2 Å². The minimum atomic E-state index is -0.103. The molecule has 0 saturated heterocycles. The number of hydrogen-bond acceptors (Lipinski definition) is 2. The lowest BCUT2D eigenvalue weighted by Crippen LogP contribution is -2.24. The number of benzene rings is 1. The van der Waals surface area contributed by atoms with E-state index in [4.69, 9.17) is 5.73 Å².